The maximum Gasteiger partial charge on any atom is 0.534 e. The van der Waals surface area contributed by atoms with E-state index >= 15 is 0 Å². The van der Waals surface area contributed by atoms with E-state index in [0.717, 1.165) is 6.20 Å². The molecule has 1 aromatic heterocycles. The molecule has 0 aliphatic rings. The average molecular weight is 272 g/mol. The Kier molecular flexibility index (Phi) is 3.22. The first-order valence-corrected chi connectivity index (χ1v) is 5.11. The second-order valence-electron chi connectivity index (χ2n) is 2.53. The van der Waals surface area contributed by atoms with E-state index in [1.165, 1.54) is 0 Å². The largest absolute Gasteiger partial charge is 0.534 e. The normalized spacial score (nSPS) is 12.2. The molecule has 0 saturated carbocycles. The molecule has 17 heavy (non-hydrogen) atoms. The Bertz CT molecular complexity index is 541. The molecule has 0 fully saturated rings. The van der Waals surface area contributed by atoms with Crippen LogP contribution in [0.5, 0.6) is 5.75 Å². The van der Waals surface area contributed by atoms with E-state index in [-0.39, 0.29) is 0 Å². The summed E-state index contributed by atoms with van der Waals surface area (Å²) in [5.74, 6) is -2.84. The third-order valence-corrected chi connectivity index (χ3v) is 2.34. The van der Waals surface area contributed by atoms with E-state index in [1.54, 1.807) is 0 Å². The van der Waals surface area contributed by atoms with Gasteiger partial charge in [0.2, 0.25) is 5.69 Å². The Hall–Kier alpha value is -1.91. The molecule has 0 radical (unpaired) electrons. The van der Waals surface area contributed by atoms with Gasteiger partial charge >= 0.3 is 21.6 Å². The van der Waals surface area contributed by atoms with Gasteiger partial charge in [0.05, 0.1) is 6.20 Å². The van der Waals surface area contributed by atoms with Crippen molar-refractivity contribution < 1.29 is 35.7 Å². The lowest BCUT2D eigenvalue weighted by atomic mass is 10.4. The van der Waals surface area contributed by atoms with Crippen molar-refractivity contribution in [2.24, 2.45) is 0 Å². The molecule has 7 nitrogen and oxygen atoms in total. The molecule has 0 bridgehead atoms. The number of halogens is 3. The maximum absolute atomic E-state index is 12.0. The molecule has 0 aliphatic carbocycles. The quantitative estimate of drug-likeness (QED) is 0.627. The highest BCUT2D eigenvalue weighted by Crippen LogP contribution is 2.27. The Morgan fingerprint density at radius 2 is 2.00 bits per heavy atom. The number of carboxylic acid groups (broad SMARTS) is 1. The van der Waals surface area contributed by atoms with Crippen LogP contribution in [0.25, 0.3) is 0 Å². The van der Waals surface area contributed by atoms with Gasteiger partial charge in [-0.05, 0) is 0 Å². The second kappa shape index (κ2) is 4.16. The summed E-state index contributed by atoms with van der Waals surface area (Å²) in [4.78, 5) is 10.5. The van der Waals surface area contributed by atoms with Crippen molar-refractivity contribution in [2.75, 3.05) is 0 Å². The third-order valence-electron chi connectivity index (χ3n) is 1.37. The Morgan fingerprint density at radius 3 is 2.47 bits per heavy atom. The summed E-state index contributed by atoms with van der Waals surface area (Å²) in [7, 11) is -5.94. The molecule has 0 unspecified atom stereocenters. The van der Waals surface area contributed by atoms with Gasteiger partial charge in [-0.3, -0.25) is 0 Å². The lowest BCUT2D eigenvalue weighted by molar-refractivity contribution is -0.0500. The maximum atomic E-state index is 12.0. The van der Waals surface area contributed by atoms with Gasteiger partial charge in [0.15, 0.2) is 5.75 Å². The monoisotopic (exact) mass is 272 g/mol. The molecule has 1 N–H and O–H groups in total. The number of aromatic nitrogens is 2. The van der Waals surface area contributed by atoms with Crippen LogP contribution in [0.2, 0.25) is 0 Å². The van der Waals surface area contributed by atoms with Crippen LogP contribution in [0.15, 0.2) is 12.3 Å². The first-order valence-electron chi connectivity index (χ1n) is 3.71. The summed E-state index contributed by atoms with van der Waals surface area (Å²) < 4.78 is 60.7. The van der Waals surface area contributed by atoms with E-state index in [9.17, 15) is 26.4 Å². The fourth-order valence-corrected chi connectivity index (χ4v) is 1.17. The summed E-state index contributed by atoms with van der Waals surface area (Å²) in [5.41, 5.74) is -6.70. The molecule has 0 spiro atoms. The minimum atomic E-state index is -5.94. The third kappa shape index (κ3) is 2.81. The van der Waals surface area contributed by atoms with Crippen molar-refractivity contribution in [2.45, 2.75) is 5.51 Å². The number of hydrogen-bond donors (Lipinski definition) is 1. The first kappa shape index (κ1) is 13.2. The van der Waals surface area contributed by atoms with Gasteiger partial charge in [-0.25, -0.2) is 4.79 Å². The predicted octanol–water partition coefficient (Wildman–Crippen LogP) is 0.403. The Balaban J connectivity index is 3.18. The SMILES string of the molecule is O=C(O)c1nnccc1OS(=O)(=O)C(F)(F)F. The van der Waals surface area contributed by atoms with Crippen LogP contribution in [0.4, 0.5) is 13.2 Å². The first-order chi connectivity index (χ1) is 7.65. The smallest absolute Gasteiger partial charge is 0.476 e. The molecule has 11 heteroatoms. The van der Waals surface area contributed by atoms with Crippen molar-refractivity contribution in [3.8, 4) is 5.75 Å². The topological polar surface area (TPSA) is 106 Å². The highest BCUT2D eigenvalue weighted by Gasteiger charge is 2.49. The zero-order valence-corrected chi connectivity index (χ0v) is 8.49. The van der Waals surface area contributed by atoms with Crippen molar-refractivity contribution >= 4 is 16.1 Å². The van der Waals surface area contributed by atoms with Gasteiger partial charge in [0, 0.05) is 6.07 Å². The highest BCUT2D eigenvalue weighted by atomic mass is 32.2. The minimum absolute atomic E-state index is 0.639. The average Bonchev–Trinajstić information content (AvgIpc) is 2.15. The van der Waals surface area contributed by atoms with E-state index in [2.05, 4.69) is 14.4 Å². The fraction of sp³-hybridized carbons (Fsp3) is 0.167. The summed E-state index contributed by atoms with van der Waals surface area (Å²) in [6, 6.07) is 0.639. The lowest BCUT2D eigenvalue weighted by Crippen LogP contribution is -2.28. The number of carboxylic acids is 1. The standard InChI is InChI=1S/C6H3F3N2O5S/c7-6(8,9)17(14,15)16-3-1-2-10-11-4(3)5(12)13/h1-2H,(H,12,13). The molecule has 1 rings (SSSR count). The molecule has 0 aromatic carbocycles. The zero-order chi connectivity index (χ0) is 13.3. The van der Waals surface area contributed by atoms with Crippen molar-refractivity contribution in [1.82, 2.24) is 10.2 Å². The van der Waals surface area contributed by atoms with Crippen molar-refractivity contribution in [1.29, 1.82) is 0 Å². The van der Waals surface area contributed by atoms with Crippen molar-refractivity contribution in [3.05, 3.63) is 18.0 Å². The second-order valence-corrected chi connectivity index (χ2v) is 4.07. The molecular weight excluding hydrogens is 269 g/mol. The van der Waals surface area contributed by atoms with E-state index in [1.807, 2.05) is 0 Å². The van der Waals surface area contributed by atoms with Gasteiger partial charge in [-0.1, -0.05) is 0 Å². The van der Waals surface area contributed by atoms with Crippen LogP contribution in [-0.4, -0.2) is 35.2 Å². The van der Waals surface area contributed by atoms with Crippen LogP contribution in [0, 0.1) is 0 Å². The predicted molar refractivity (Wildman–Crippen MR) is 44.6 cm³/mol. The molecule has 0 aliphatic heterocycles. The van der Waals surface area contributed by atoms with Crippen LogP contribution in [0.3, 0.4) is 0 Å². The van der Waals surface area contributed by atoms with Gasteiger partial charge in [0.25, 0.3) is 0 Å². The number of rotatable bonds is 3. The van der Waals surface area contributed by atoms with E-state index in [4.69, 9.17) is 5.11 Å². The minimum Gasteiger partial charge on any atom is -0.476 e. The van der Waals surface area contributed by atoms with Gasteiger partial charge < -0.3 is 9.29 Å². The Morgan fingerprint density at radius 1 is 1.41 bits per heavy atom. The number of alkyl halides is 3. The van der Waals surface area contributed by atoms with Crippen LogP contribution >= 0.6 is 0 Å². The van der Waals surface area contributed by atoms with E-state index < -0.39 is 33.0 Å². The number of aromatic carboxylic acids is 1. The van der Waals surface area contributed by atoms with Crippen LogP contribution in [-0.2, 0) is 10.1 Å². The van der Waals surface area contributed by atoms with E-state index in [0.29, 0.717) is 6.07 Å². The molecular formula is C6H3F3N2O5S. The Labute approximate surface area is 92.0 Å². The summed E-state index contributed by atoms with van der Waals surface area (Å²) in [6.45, 7) is 0. The van der Waals surface area contributed by atoms with Crippen LogP contribution < -0.4 is 4.18 Å². The summed E-state index contributed by atoms with van der Waals surface area (Å²) >= 11 is 0. The molecule has 0 amide bonds. The van der Waals surface area contributed by atoms with Crippen molar-refractivity contribution in [3.63, 3.8) is 0 Å². The number of hydrogen-bond acceptors (Lipinski definition) is 6. The highest BCUT2D eigenvalue weighted by molar-refractivity contribution is 7.88. The molecule has 0 atom stereocenters. The number of nitrogens with zero attached hydrogens (tertiary/aromatic N) is 2. The lowest BCUT2D eigenvalue weighted by Gasteiger charge is -2.09. The molecule has 1 heterocycles. The zero-order valence-electron chi connectivity index (χ0n) is 7.67. The van der Waals surface area contributed by atoms with Gasteiger partial charge in [0.1, 0.15) is 0 Å². The summed E-state index contributed by atoms with van der Waals surface area (Å²) in [5, 5.41) is 14.5. The molecule has 1 aromatic rings. The molecule has 94 valence electrons. The number of carbonyl (C=O) groups is 1. The summed E-state index contributed by atoms with van der Waals surface area (Å²) in [6.07, 6.45) is 0.785. The fourth-order valence-electron chi connectivity index (χ4n) is 0.701. The van der Waals surface area contributed by atoms with Gasteiger partial charge in [-0.15, -0.1) is 5.10 Å². The molecule has 0 saturated heterocycles. The van der Waals surface area contributed by atoms with Crippen LogP contribution in [0.1, 0.15) is 10.5 Å². The van der Waals surface area contributed by atoms with Gasteiger partial charge in [-0.2, -0.15) is 26.7 Å².